The van der Waals surface area contributed by atoms with Crippen molar-refractivity contribution in [2.75, 3.05) is 0 Å². The molecular weight excluding hydrogens is 527 g/mol. The maximum absolute atomic E-state index is 14.2. The largest absolute Gasteiger partial charge is 0.488 e. The van der Waals surface area contributed by atoms with E-state index in [-0.39, 0.29) is 23.1 Å². The van der Waals surface area contributed by atoms with Crippen molar-refractivity contribution in [2.24, 2.45) is 5.92 Å². The van der Waals surface area contributed by atoms with E-state index in [0.717, 1.165) is 64.4 Å². The highest BCUT2D eigenvalue weighted by Gasteiger charge is 2.25. The molecule has 0 aliphatic heterocycles. The van der Waals surface area contributed by atoms with Gasteiger partial charge in [-0.05, 0) is 78.3 Å². The zero-order chi connectivity index (χ0) is 28.2. The average Bonchev–Trinajstić information content (AvgIpc) is 3.56. The van der Waals surface area contributed by atoms with Gasteiger partial charge in [0.2, 0.25) is 0 Å². The van der Waals surface area contributed by atoms with Crippen molar-refractivity contribution in [1.82, 2.24) is 9.55 Å². The Morgan fingerprint density at radius 3 is 2.58 bits per heavy atom. The van der Waals surface area contributed by atoms with E-state index in [0.29, 0.717) is 22.8 Å². The predicted octanol–water partition coefficient (Wildman–Crippen LogP) is 7.19. The molecule has 0 atom stereocenters. The number of terminal acetylenes is 1. The van der Waals surface area contributed by atoms with Gasteiger partial charge in [0, 0.05) is 27.9 Å². The van der Waals surface area contributed by atoms with Crippen LogP contribution in [0.4, 0.5) is 3.89 Å². The van der Waals surface area contributed by atoms with Crippen LogP contribution in [-0.2, 0) is 16.9 Å². The average molecular weight is 557 g/mol. The molecule has 0 unspecified atom stereocenters. The topological polar surface area (TPSA) is 81.2 Å². The number of benzene rings is 3. The summed E-state index contributed by atoms with van der Waals surface area (Å²) in [7, 11) is -5.17. The number of nitrogens with zero attached hydrogens (tertiary/aromatic N) is 1. The van der Waals surface area contributed by atoms with Gasteiger partial charge in [-0.2, -0.15) is 8.42 Å². The van der Waals surface area contributed by atoms with Crippen molar-refractivity contribution in [3.05, 3.63) is 75.9 Å². The lowest BCUT2D eigenvalue weighted by Crippen LogP contribution is -2.15. The van der Waals surface area contributed by atoms with E-state index in [9.17, 15) is 17.1 Å². The summed E-state index contributed by atoms with van der Waals surface area (Å²) in [6.07, 6.45) is 10.6. The van der Waals surface area contributed by atoms with Gasteiger partial charge in [-0.15, -0.1) is 6.42 Å². The zero-order valence-corrected chi connectivity index (χ0v) is 23.1. The molecule has 1 aliphatic rings. The van der Waals surface area contributed by atoms with Crippen LogP contribution in [0.15, 0.2) is 59.4 Å². The fourth-order valence-corrected chi connectivity index (χ4v) is 6.54. The van der Waals surface area contributed by atoms with Crippen molar-refractivity contribution in [3.8, 4) is 29.2 Å². The molecule has 1 aliphatic carbocycles. The minimum Gasteiger partial charge on any atom is -0.358 e. The van der Waals surface area contributed by atoms with Crippen LogP contribution >= 0.6 is 0 Å². The minimum atomic E-state index is -5.17. The highest BCUT2D eigenvalue weighted by molar-refractivity contribution is 7.81. The summed E-state index contributed by atoms with van der Waals surface area (Å²) in [6.45, 7) is 4.21. The van der Waals surface area contributed by atoms with E-state index in [1.165, 1.54) is 12.1 Å². The number of hydrogen-bond donors (Lipinski definition) is 1. The lowest BCUT2D eigenvalue weighted by Gasteiger charge is -2.22. The van der Waals surface area contributed by atoms with Gasteiger partial charge in [0.05, 0.1) is 10.9 Å². The van der Waals surface area contributed by atoms with Gasteiger partial charge in [0.1, 0.15) is 11.4 Å². The number of fused-ring (bicyclic) bond motifs is 4. The molecule has 0 spiro atoms. The van der Waals surface area contributed by atoms with Crippen LogP contribution in [0.3, 0.4) is 0 Å². The monoisotopic (exact) mass is 556 g/mol. The highest BCUT2D eigenvalue weighted by Crippen LogP contribution is 2.39. The van der Waals surface area contributed by atoms with E-state index < -0.39 is 10.5 Å². The fraction of sp³-hybridized carbons (Fsp3) is 0.281. The molecule has 0 saturated heterocycles. The van der Waals surface area contributed by atoms with Crippen LogP contribution in [-0.4, -0.2) is 18.0 Å². The Kier molecular flexibility index (Phi) is 6.42. The van der Waals surface area contributed by atoms with E-state index >= 15 is 0 Å². The summed E-state index contributed by atoms with van der Waals surface area (Å²) in [5.41, 5.74) is 5.57. The first-order valence-electron chi connectivity index (χ1n) is 13.5. The molecule has 0 radical (unpaired) electrons. The zero-order valence-electron chi connectivity index (χ0n) is 22.3. The molecule has 0 amide bonds. The number of aromatic nitrogens is 2. The van der Waals surface area contributed by atoms with Gasteiger partial charge < -0.3 is 13.7 Å². The minimum absolute atomic E-state index is 0.0453. The van der Waals surface area contributed by atoms with Crippen LogP contribution < -0.4 is 9.61 Å². The number of halogens is 1. The molecule has 0 bridgehead atoms. The molecule has 6 nitrogen and oxygen atoms in total. The Hall–Kier alpha value is -4.09. The normalized spacial score (nSPS) is 14.5. The van der Waals surface area contributed by atoms with E-state index in [4.69, 9.17) is 6.42 Å². The molecule has 1 N–H and O–H groups in total. The van der Waals surface area contributed by atoms with Gasteiger partial charge >= 0.3 is 10.5 Å². The summed E-state index contributed by atoms with van der Waals surface area (Å²) in [5.74, 6) is 2.85. The smallest absolute Gasteiger partial charge is 0.358 e. The summed E-state index contributed by atoms with van der Waals surface area (Å²) in [6, 6.07) is 16.3. The first kappa shape index (κ1) is 26.1. The van der Waals surface area contributed by atoms with Crippen molar-refractivity contribution in [1.29, 1.82) is 0 Å². The predicted molar refractivity (Wildman–Crippen MR) is 158 cm³/mol. The molecule has 5 aromatic rings. The van der Waals surface area contributed by atoms with Gasteiger partial charge in [-0.3, -0.25) is 4.79 Å². The molecule has 8 heteroatoms. The van der Waals surface area contributed by atoms with Gasteiger partial charge in [-0.25, -0.2) is 0 Å². The second-order valence-electron chi connectivity index (χ2n) is 11.0. The third-order valence-electron chi connectivity index (χ3n) is 7.80. The first-order chi connectivity index (χ1) is 19.1. The molecule has 1 fully saturated rings. The summed E-state index contributed by atoms with van der Waals surface area (Å²) < 4.78 is 42.4. The van der Waals surface area contributed by atoms with Gasteiger partial charge in [0.25, 0.3) is 0 Å². The third-order valence-corrected chi connectivity index (χ3v) is 8.19. The van der Waals surface area contributed by atoms with Crippen LogP contribution in [0, 0.1) is 18.3 Å². The summed E-state index contributed by atoms with van der Waals surface area (Å²) in [4.78, 5) is 17.7. The second kappa shape index (κ2) is 9.83. The number of pyridine rings is 1. The van der Waals surface area contributed by atoms with Gasteiger partial charge in [0.15, 0.2) is 5.43 Å². The molecule has 204 valence electrons. The number of aromatic amines is 1. The summed E-state index contributed by atoms with van der Waals surface area (Å²) >= 11 is 0. The van der Waals surface area contributed by atoms with Crippen molar-refractivity contribution in [3.63, 3.8) is 0 Å². The van der Waals surface area contributed by atoms with Crippen LogP contribution in [0.1, 0.15) is 56.7 Å². The molecule has 1 saturated carbocycles. The molecule has 2 heterocycles. The number of H-pyrrole nitrogens is 1. The molecule has 3 aromatic carbocycles. The number of nitrogens with one attached hydrogen (secondary N) is 1. The maximum Gasteiger partial charge on any atom is 0.488 e. The molecule has 40 heavy (non-hydrogen) atoms. The van der Waals surface area contributed by atoms with Crippen LogP contribution in [0.2, 0.25) is 0 Å². The van der Waals surface area contributed by atoms with E-state index in [1.807, 2.05) is 36.4 Å². The van der Waals surface area contributed by atoms with Crippen molar-refractivity contribution in [2.45, 2.75) is 52.0 Å². The van der Waals surface area contributed by atoms with Crippen molar-refractivity contribution < 1.29 is 16.5 Å². The quantitative estimate of drug-likeness (QED) is 0.177. The van der Waals surface area contributed by atoms with Crippen LogP contribution in [0.25, 0.3) is 44.0 Å². The number of rotatable bonds is 6. The lowest BCUT2D eigenvalue weighted by molar-refractivity contribution is 0.440. The first-order valence-corrected chi connectivity index (χ1v) is 14.8. The van der Waals surface area contributed by atoms with Gasteiger partial charge in [-0.1, -0.05) is 54.7 Å². The SMILES string of the molecule is C#Cc1ccc2c(c1)[nH]c1c2c(=O)c2cc(CC(C)C)c(-c3cccc(OS(=O)(=O)F)c3)cc2n1C1CCCC1. The molecule has 2 aromatic heterocycles. The number of hydrogen-bond acceptors (Lipinski definition) is 4. The third kappa shape index (κ3) is 4.65. The Morgan fingerprint density at radius 2 is 1.88 bits per heavy atom. The lowest BCUT2D eigenvalue weighted by atomic mass is 9.91. The Balaban J connectivity index is 1.71. The Labute approximate surface area is 232 Å². The van der Waals surface area contributed by atoms with E-state index in [1.54, 1.807) is 6.07 Å². The van der Waals surface area contributed by atoms with E-state index in [2.05, 4.69) is 33.5 Å². The van der Waals surface area contributed by atoms with Crippen LogP contribution in [0.5, 0.6) is 5.75 Å². The standard InChI is InChI=1S/C32H29FN2O4S/c1-4-20-12-13-25-28(15-20)34-32-30(25)31(36)27-17-22(14-19(2)3)26(18-29(27)35(32)23-9-5-6-10-23)21-8-7-11-24(16-21)39-40(33,37)38/h1,7-8,11-13,15-19,23,34H,5-6,9-10,14H2,2-3H3. The second-order valence-corrected chi connectivity index (χ2v) is 12.0. The molecule has 6 rings (SSSR count). The highest BCUT2D eigenvalue weighted by atomic mass is 32.3. The van der Waals surface area contributed by atoms with Crippen molar-refractivity contribution >= 4 is 43.3 Å². The summed E-state index contributed by atoms with van der Waals surface area (Å²) in [5, 5.41) is 2.14. The fourth-order valence-electron chi connectivity index (χ4n) is 6.20. The molecular formula is C32H29FN2O4S. The Morgan fingerprint density at radius 1 is 1.10 bits per heavy atom. The Bertz CT molecular complexity index is 2010. The maximum atomic E-state index is 14.2.